The zero-order valence-electron chi connectivity index (χ0n) is 12.7. The van der Waals surface area contributed by atoms with E-state index in [4.69, 9.17) is 16.0 Å². The van der Waals surface area contributed by atoms with Gasteiger partial charge in [0.05, 0.1) is 6.26 Å². The number of nitrogens with zero attached hydrogens (tertiary/aromatic N) is 1. The number of carbonyl (C=O) groups excluding carboxylic acids is 1. The number of carbonyl (C=O) groups is 1. The van der Waals surface area contributed by atoms with Crippen molar-refractivity contribution < 1.29 is 9.21 Å². The summed E-state index contributed by atoms with van der Waals surface area (Å²) in [5, 5.41) is 4.07. The third kappa shape index (κ3) is 3.63. The summed E-state index contributed by atoms with van der Waals surface area (Å²) in [6.45, 7) is 3.80. The van der Waals surface area contributed by atoms with E-state index in [0.29, 0.717) is 10.9 Å². The lowest BCUT2D eigenvalue weighted by Gasteiger charge is -2.02. The minimum absolute atomic E-state index is 0.285. The number of nitrogens with one attached hydrogen (secondary N) is 1. The van der Waals surface area contributed by atoms with Crippen LogP contribution in [0.5, 0.6) is 0 Å². The van der Waals surface area contributed by atoms with Gasteiger partial charge in [0.25, 0.3) is 5.91 Å². The first-order chi connectivity index (χ1) is 11.0. The van der Waals surface area contributed by atoms with Crippen molar-refractivity contribution in [3.05, 3.63) is 69.1 Å². The second-order valence-corrected chi connectivity index (χ2v) is 6.80. The van der Waals surface area contributed by atoms with Gasteiger partial charge in [0.2, 0.25) is 0 Å². The first kappa shape index (κ1) is 15.8. The van der Waals surface area contributed by atoms with E-state index >= 15 is 0 Å². The largest absolute Gasteiger partial charge is 0.459 e. The van der Waals surface area contributed by atoms with Crippen LogP contribution in [-0.2, 0) is 6.42 Å². The Balaban J connectivity index is 1.69. The Bertz CT molecular complexity index is 854. The summed E-state index contributed by atoms with van der Waals surface area (Å²) in [6, 6.07) is 7.76. The van der Waals surface area contributed by atoms with Crippen LogP contribution in [0.3, 0.4) is 0 Å². The average Bonchev–Trinajstić information content (AvgIpc) is 3.12. The lowest BCUT2D eigenvalue weighted by molar-refractivity contribution is 0.0996. The molecule has 4 nitrogen and oxygen atoms in total. The van der Waals surface area contributed by atoms with Gasteiger partial charge in [-0.15, -0.1) is 11.3 Å². The fourth-order valence-corrected chi connectivity index (χ4v) is 3.20. The van der Waals surface area contributed by atoms with Gasteiger partial charge in [-0.2, -0.15) is 0 Å². The molecule has 118 valence electrons. The Morgan fingerprint density at radius 3 is 2.83 bits per heavy atom. The van der Waals surface area contributed by atoms with Gasteiger partial charge >= 0.3 is 0 Å². The Labute approximate surface area is 143 Å². The molecule has 1 N–H and O–H groups in total. The number of amides is 1. The monoisotopic (exact) mass is 346 g/mol. The third-order valence-electron chi connectivity index (χ3n) is 3.46. The van der Waals surface area contributed by atoms with E-state index in [0.717, 1.165) is 33.0 Å². The molecule has 0 aliphatic carbocycles. The van der Waals surface area contributed by atoms with Crippen molar-refractivity contribution in [1.82, 2.24) is 4.98 Å². The molecule has 0 fully saturated rings. The van der Waals surface area contributed by atoms with Crippen molar-refractivity contribution in [1.29, 1.82) is 0 Å². The molecule has 0 aliphatic rings. The molecule has 0 saturated heterocycles. The maximum absolute atomic E-state index is 12.1. The van der Waals surface area contributed by atoms with Crippen LogP contribution in [0.2, 0.25) is 5.02 Å². The van der Waals surface area contributed by atoms with Gasteiger partial charge in [0, 0.05) is 28.1 Å². The maximum Gasteiger partial charge on any atom is 0.293 e. The highest BCUT2D eigenvalue weighted by Gasteiger charge is 2.14. The molecule has 6 heteroatoms. The van der Waals surface area contributed by atoms with Crippen LogP contribution < -0.4 is 5.32 Å². The van der Waals surface area contributed by atoms with Crippen molar-refractivity contribution >= 4 is 34.0 Å². The fraction of sp³-hybridized carbons (Fsp3) is 0.176. The molecular formula is C17H15ClN2O2S. The summed E-state index contributed by atoms with van der Waals surface area (Å²) >= 11 is 7.59. The fourth-order valence-electron chi connectivity index (χ4n) is 2.15. The smallest absolute Gasteiger partial charge is 0.293 e. The van der Waals surface area contributed by atoms with Crippen LogP contribution in [0.25, 0.3) is 0 Å². The highest BCUT2D eigenvalue weighted by Crippen LogP contribution is 2.24. The molecule has 23 heavy (non-hydrogen) atoms. The van der Waals surface area contributed by atoms with Crippen LogP contribution in [0, 0.1) is 13.8 Å². The van der Waals surface area contributed by atoms with Gasteiger partial charge < -0.3 is 4.42 Å². The second kappa shape index (κ2) is 6.56. The number of halogens is 1. The van der Waals surface area contributed by atoms with Gasteiger partial charge in [0.15, 0.2) is 10.9 Å². The van der Waals surface area contributed by atoms with Gasteiger partial charge in [-0.05, 0) is 37.1 Å². The minimum Gasteiger partial charge on any atom is -0.459 e. The van der Waals surface area contributed by atoms with E-state index in [2.05, 4.69) is 10.3 Å². The van der Waals surface area contributed by atoms with E-state index in [1.165, 1.54) is 17.6 Å². The van der Waals surface area contributed by atoms with E-state index in [-0.39, 0.29) is 5.91 Å². The summed E-state index contributed by atoms with van der Waals surface area (Å²) in [7, 11) is 0. The summed E-state index contributed by atoms with van der Waals surface area (Å²) in [4.78, 5) is 17.4. The summed E-state index contributed by atoms with van der Waals surface area (Å²) < 4.78 is 5.18. The SMILES string of the molecule is Cc1ccc(Cc2cnc(NC(=O)c3occc3C)s2)cc1Cl. The van der Waals surface area contributed by atoms with Crippen molar-refractivity contribution in [3.63, 3.8) is 0 Å². The number of thiazole rings is 1. The number of anilines is 1. The molecule has 2 heterocycles. The Morgan fingerprint density at radius 1 is 1.30 bits per heavy atom. The third-order valence-corrected chi connectivity index (χ3v) is 4.78. The van der Waals surface area contributed by atoms with E-state index in [1.54, 1.807) is 12.3 Å². The molecule has 0 spiro atoms. The van der Waals surface area contributed by atoms with E-state index in [9.17, 15) is 4.79 Å². The highest BCUT2D eigenvalue weighted by molar-refractivity contribution is 7.15. The van der Waals surface area contributed by atoms with Crippen molar-refractivity contribution in [3.8, 4) is 0 Å². The molecule has 0 atom stereocenters. The molecule has 3 rings (SSSR count). The van der Waals surface area contributed by atoms with Crippen LogP contribution in [0.4, 0.5) is 5.13 Å². The van der Waals surface area contributed by atoms with Gasteiger partial charge in [-0.3, -0.25) is 10.1 Å². The number of benzene rings is 1. The van der Waals surface area contributed by atoms with Crippen molar-refractivity contribution in [2.45, 2.75) is 20.3 Å². The van der Waals surface area contributed by atoms with Crippen molar-refractivity contribution in [2.75, 3.05) is 5.32 Å². The molecule has 3 aromatic rings. The predicted octanol–water partition coefficient (Wildman–Crippen LogP) is 4.85. The van der Waals surface area contributed by atoms with Crippen LogP contribution >= 0.6 is 22.9 Å². The molecule has 0 saturated carbocycles. The highest BCUT2D eigenvalue weighted by atomic mass is 35.5. The molecule has 1 aromatic carbocycles. The Morgan fingerprint density at radius 2 is 2.13 bits per heavy atom. The first-order valence-electron chi connectivity index (χ1n) is 7.08. The van der Waals surface area contributed by atoms with Crippen LogP contribution in [0.15, 0.2) is 41.1 Å². The normalized spacial score (nSPS) is 10.7. The zero-order chi connectivity index (χ0) is 16.4. The Hall–Kier alpha value is -2.11. The standard InChI is InChI=1S/C17H15ClN2O2S/c1-10-3-4-12(8-14(10)18)7-13-9-19-17(23-13)20-16(21)15-11(2)5-6-22-15/h3-6,8-9H,7H2,1-2H3,(H,19,20,21). The minimum atomic E-state index is -0.285. The van der Waals surface area contributed by atoms with Crippen LogP contribution in [-0.4, -0.2) is 10.9 Å². The lowest BCUT2D eigenvalue weighted by Crippen LogP contribution is -2.11. The molecule has 1 amide bonds. The number of hydrogen-bond donors (Lipinski definition) is 1. The summed E-state index contributed by atoms with van der Waals surface area (Å²) in [6.07, 6.45) is 4.00. The zero-order valence-corrected chi connectivity index (χ0v) is 14.3. The van der Waals surface area contributed by atoms with Crippen molar-refractivity contribution in [2.24, 2.45) is 0 Å². The number of furan rings is 1. The quantitative estimate of drug-likeness (QED) is 0.734. The Kier molecular flexibility index (Phi) is 4.50. The molecule has 0 radical (unpaired) electrons. The number of rotatable bonds is 4. The van der Waals surface area contributed by atoms with Gasteiger partial charge in [-0.25, -0.2) is 4.98 Å². The summed E-state index contributed by atoms with van der Waals surface area (Å²) in [5.74, 6) is 0.0267. The number of hydrogen-bond acceptors (Lipinski definition) is 4. The lowest BCUT2D eigenvalue weighted by atomic mass is 10.1. The second-order valence-electron chi connectivity index (χ2n) is 5.28. The summed E-state index contributed by atoms with van der Waals surface area (Å²) in [5.41, 5.74) is 2.97. The molecule has 0 bridgehead atoms. The predicted molar refractivity (Wildman–Crippen MR) is 92.5 cm³/mol. The molecule has 0 aliphatic heterocycles. The topological polar surface area (TPSA) is 55.1 Å². The first-order valence-corrected chi connectivity index (χ1v) is 8.27. The van der Waals surface area contributed by atoms with Gasteiger partial charge in [0.1, 0.15) is 0 Å². The number of aryl methyl sites for hydroxylation is 2. The molecule has 2 aromatic heterocycles. The molecular weight excluding hydrogens is 332 g/mol. The maximum atomic E-state index is 12.1. The number of aromatic nitrogens is 1. The van der Waals surface area contributed by atoms with E-state index in [1.807, 2.05) is 32.0 Å². The molecule has 0 unspecified atom stereocenters. The van der Waals surface area contributed by atoms with Gasteiger partial charge in [-0.1, -0.05) is 23.7 Å². The average molecular weight is 347 g/mol. The van der Waals surface area contributed by atoms with Crippen LogP contribution in [0.1, 0.15) is 32.1 Å². The van der Waals surface area contributed by atoms with E-state index < -0.39 is 0 Å².